The third-order valence-electron chi connectivity index (χ3n) is 7.66. The van der Waals surface area contributed by atoms with E-state index in [-0.39, 0.29) is 53.8 Å². The molecule has 4 rings (SSSR count). The summed E-state index contributed by atoms with van der Waals surface area (Å²) in [6, 6.07) is 7.32. The average molecular weight is 659 g/mol. The van der Waals surface area contributed by atoms with Crippen molar-refractivity contribution < 1.29 is 28.7 Å². The largest absolute Gasteiger partial charge is 0.444 e. The number of ether oxygens (including phenoxy) is 1. The molecule has 44 heavy (non-hydrogen) atoms. The molecule has 1 saturated heterocycles. The van der Waals surface area contributed by atoms with Gasteiger partial charge in [-0.2, -0.15) is 0 Å². The number of likely N-dealkylation sites (tertiary alicyclic amines) is 1. The lowest BCUT2D eigenvalue weighted by Crippen LogP contribution is -2.60. The number of alkyl halides is 2. The van der Waals surface area contributed by atoms with Crippen molar-refractivity contribution in [1.29, 1.82) is 0 Å². The second-order valence-electron chi connectivity index (χ2n) is 11.9. The van der Waals surface area contributed by atoms with E-state index >= 15 is 0 Å². The molecule has 0 aromatic heterocycles. The van der Waals surface area contributed by atoms with Gasteiger partial charge in [-0.1, -0.05) is 37.6 Å². The van der Waals surface area contributed by atoms with Gasteiger partial charge in [0.25, 0.3) is 0 Å². The van der Waals surface area contributed by atoms with Gasteiger partial charge in [0.1, 0.15) is 17.4 Å². The lowest BCUT2D eigenvalue weighted by Gasteiger charge is -2.37. The summed E-state index contributed by atoms with van der Waals surface area (Å²) in [7, 11) is 0. The molecule has 1 aliphatic heterocycles. The summed E-state index contributed by atoms with van der Waals surface area (Å²) in [5.74, 6) is 0.173. The molecule has 1 aromatic carbocycles. The first-order chi connectivity index (χ1) is 20.8. The van der Waals surface area contributed by atoms with Crippen molar-refractivity contribution in [3.05, 3.63) is 35.4 Å². The first-order valence-electron chi connectivity index (χ1n) is 14.9. The molecule has 13 heteroatoms. The molecule has 0 radical (unpaired) electrons. The second kappa shape index (κ2) is 19.5. The quantitative estimate of drug-likeness (QED) is 0.245. The highest BCUT2D eigenvalue weighted by atomic mass is 35.5. The molecule has 1 aromatic rings. The Labute approximate surface area is 271 Å². The highest BCUT2D eigenvalue weighted by Gasteiger charge is 2.47. The van der Waals surface area contributed by atoms with Crippen molar-refractivity contribution in [2.45, 2.75) is 103 Å². The summed E-state index contributed by atoms with van der Waals surface area (Å²) >= 11 is 9.53. The fourth-order valence-corrected chi connectivity index (χ4v) is 5.82. The predicted octanol–water partition coefficient (Wildman–Crippen LogP) is 3.26. The normalized spacial score (nSPS) is 20.1. The molecule has 4 atom stereocenters. The number of benzene rings is 1. The maximum Gasteiger partial charge on any atom is 0.408 e. The van der Waals surface area contributed by atoms with E-state index in [1.807, 2.05) is 37.8 Å². The highest BCUT2D eigenvalue weighted by molar-refractivity contribution is 6.40. The fourth-order valence-electron chi connectivity index (χ4n) is 5.82. The van der Waals surface area contributed by atoms with E-state index in [4.69, 9.17) is 37.5 Å². The lowest BCUT2D eigenvalue weighted by atomic mass is 9.88. The number of nitrogens with one attached hydrogen (secondary N) is 2. The molecule has 0 spiro atoms. The summed E-state index contributed by atoms with van der Waals surface area (Å²) in [6.07, 6.45) is 5.31. The molecule has 11 nitrogen and oxygen atoms in total. The number of ketones is 1. The van der Waals surface area contributed by atoms with Gasteiger partial charge in [-0.15, -0.1) is 23.2 Å². The standard InChI is InChI=1S/C28H41N3O4.CH2Cl2.2CH3NO/c1-6-18-13-14-31(25(18)23(17(2)32)29-22-11-12-22)26(33)24(30-27(34)35-28(3,4)5)21-15-19-9-7-8-10-20(19)16-21;3*2-1-3/h7-10,18,21-25,29H,6,11-16H2,1-5H3,(H,30,34);1H2;2*1H,(H2,2,3). The van der Waals surface area contributed by atoms with Gasteiger partial charge in [0.2, 0.25) is 18.7 Å². The number of nitrogens with zero attached hydrogens (tertiary/aromatic N) is 1. The Kier molecular flexibility index (Phi) is 17.3. The lowest BCUT2D eigenvalue weighted by molar-refractivity contribution is -0.137. The Morgan fingerprint density at radius 2 is 1.52 bits per heavy atom. The summed E-state index contributed by atoms with van der Waals surface area (Å²) in [5.41, 5.74) is 10.1. The third-order valence-corrected chi connectivity index (χ3v) is 7.66. The number of amides is 4. The molecule has 1 saturated carbocycles. The van der Waals surface area contributed by atoms with Crippen LogP contribution in [0.25, 0.3) is 0 Å². The maximum atomic E-state index is 14.2. The molecule has 4 amide bonds. The summed E-state index contributed by atoms with van der Waals surface area (Å²) in [5, 5.41) is 6.66. The molecular weight excluding hydrogens is 609 g/mol. The SMILES string of the molecule is CCC1CCN(C(=O)C(NC(=O)OC(C)(C)C)C2Cc3ccccc3C2)C1C(NC1CC1)C(C)=O.ClCCl.NC=O.NC=O. The number of alkyl carbamates (subject to hydrolysis) is 1. The molecular formula is C31H49Cl2N5O6. The maximum absolute atomic E-state index is 14.2. The van der Waals surface area contributed by atoms with Crippen LogP contribution in [-0.2, 0) is 36.8 Å². The van der Waals surface area contributed by atoms with Gasteiger partial charge < -0.3 is 31.7 Å². The molecule has 6 N–H and O–H groups in total. The Hall–Kier alpha value is -2.89. The number of halogens is 2. The van der Waals surface area contributed by atoms with Crippen LogP contribution in [0.2, 0.25) is 0 Å². The van der Waals surface area contributed by atoms with Crippen LogP contribution in [0.3, 0.4) is 0 Å². The zero-order chi connectivity index (χ0) is 33.4. The van der Waals surface area contributed by atoms with E-state index in [0.717, 1.165) is 38.5 Å². The van der Waals surface area contributed by atoms with Crippen LogP contribution in [0.4, 0.5) is 4.79 Å². The molecule has 2 aliphatic carbocycles. The van der Waals surface area contributed by atoms with Gasteiger partial charge in [-0.3, -0.25) is 19.2 Å². The summed E-state index contributed by atoms with van der Waals surface area (Å²) in [4.78, 5) is 58.8. The van der Waals surface area contributed by atoms with Gasteiger partial charge in [0.15, 0.2) is 0 Å². The van der Waals surface area contributed by atoms with Crippen molar-refractivity contribution in [3.8, 4) is 0 Å². The number of Topliss-reactive ketones (excluding diaryl/α,β-unsaturated/α-hetero) is 1. The van der Waals surface area contributed by atoms with Crippen molar-refractivity contribution in [1.82, 2.24) is 15.5 Å². The number of hydrogen-bond acceptors (Lipinski definition) is 7. The number of rotatable bonds is 8. The Balaban J connectivity index is 0.000000961. The molecule has 1 heterocycles. The minimum absolute atomic E-state index is 0.0547. The topological polar surface area (TPSA) is 174 Å². The number of primary amides is 2. The molecule has 248 valence electrons. The van der Waals surface area contributed by atoms with Crippen LogP contribution in [0.1, 0.15) is 71.4 Å². The van der Waals surface area contributed by atoms with Gasteiger partial charge in [0.05, 0.1) is 17.4 Å². The molecule has 2 fully saturated rings. The van der Waals surface area contributed by atoms with Crippen LogP contribution in [0.5, 0.6) is 0 Å². The van der Waals surface area contributed by atoms with Gasteiger partial charge >= 0.3 is 6.09 Å². The van der Waals surface area contributed by atoms with Crippen molar-refractivity contribution >= 4 is 53.8 Å². The van der Waals surface area contributed by atoms with Crippen LogP contribution in [0, 0.1) is 11.8 Å². The monoisotopic (exact) mass is 657 g/mol. The van der Waals surface area contributed by atoms with Crippen molar-refractivity contribution in [2.75, 3.05) is 11.9 Å². The van der Waals surface area contributed by atoms with E-state index in [1.54, 1.807) is 6.92 Å². The molecule has 0 bridgehead atoms. The summed E-state index contributed by atoms with van der Waals surface area (Å²) < 4.78 is 5.55. The number of hydrogen-bond donors (Lipinski definition) is 4. The molecule has 3 aliphatic rings. The van der Waals surface area contributed by atoms with Crippen LogP contribution < -0.4 is 22.1 Å². The molecule has 4 unspecified atom stereocenters. The van der Waals surface area contributed by atoms with Crippen LogP contribution in [-0.4, -0.2) is 77.2 Å². The van der Waals surface area contributed by atoms with E-state index in [2.05, 4.69) is 41.2 Å². The first-order valence-corrected chi connectivity index (χ1v) is 15.9. The number of nitrogens with two attached hydrogens (primary N) is 2. The Morgan fingerprint density at radius 1 is 1.02 bits per heavy atom. The zero-order valence-corrected chi connectivity index (χ0v) is 27.9. The number of carbonyl (C=O) groups excluding carboxylic acids is 5. The zero-order valence-electron chi connectivity index (χ0n) is 26.4. The van der Waals surface area contributed by atoms with E-state index in [9.17, 15) is 14.4 Å². The number of fused-ring (bicyclic) bond motifs is 1. The Bertz CT molecular complexity index is 1050. The fraction of sp³-hybridized carbons (Fsp3) is 0.645. The third kappa shape index (κ3) is 12.6. The predicted molar refractivity (Wildman–Crippen MR) is 172 cm³/mol. The minimum Gasteiger partial charge on any atom is -0.444 e. The highest BCUT2D eigenvalue weighted by Crippen LogP contribution is 2.35. The van der Waals surface area contributed by atoms with Gasteiger partial charge in [-0.05, 0) is 82.8 Å². The van der Waals surface area contributed by atoms with Crippen LogP contribution in [0.15, 0.2) is 24.3 Å². The van der Waals surface area contributed by atoms with Crippen molar-refractivity contribution in [2.24, 2.45) is 23.3 Å². The average Bonchev–Trinajstić information content (AvgIpc) is 3.50. The Morgan fingerprint density at radius 3 is 1.93 bits per heavy atom. The minimum atomic E-state index is -0.705. The first kappa shape index (κ1) is 39.1. The van der Waals surface area contributed by atoms with Gasteiger partial charge in [0, 0.05) is 12.6 Å². The van der Waals surface area contributed by atoms with E-state index in [1.165, 1.54) is 11.1 Å². The van der Waals surface area contributed by atoms with Gasteiger partial charge in [-0.25, -0.2) is 4.79 Å². The van der Waals surface area contributed by atoms with Crippen LogP contribution >= 0.6 is 23.2 Å². The second-order valence-corrected chi connectivity index (χ2v) is 12.8. The van der Waals surface area contributed by atoms with E-state index in [0.29, 0.717) is 12.6 Å². The van der Waals surface area contributed by atoms with Crippen molar-refractivity contribution in [3.63, 3.8) is 0 Å². The van der Waals surface area contributed by atoms with E-state index < -0.39 is 17.7 Å². The number of carbonyl (C=O) groups is 5. The smallest absolute Gasteiger partial charge is 0.408 e. The summed E-state index contributed by atoms with van der Waals surface area (Å²) in [6.45, 7) is 9.81.